The van der Waals surface area contributed by atoms with Gasteiger partial charge in [-0.2, -0.15) is 0 Å². The lowest BCUT2D eigenvalue weighted by atomic mass is 9.84. The van der Waals surface area contributed by atoms with E-state index in [-0.39, 0.29) is 16.7 Å². The van der Waals surface area contributed by atoms with Gasteiger partial charge in [-0.05, 0) is 28.7 Å². The summed E-state index contributed by atoms with van der Waals surface area (Å²) in [4.78, 5) is 12.4. The Morgan fingerprint density at radius 3 is 1.91 bits per heavy atom. The van der Waals surface area contributed by atoms with E-state index in [4.69, 9.17) is 0 Å². The van der Waals surface area contributed by atoms with E-state index in [0.717, 1.165) is 0 Å². The molecule has 0 aromatic heterocycles. The zero-order chi connectivity index (χ0) is 17.1. The number of carbonyl (C=O) groups is 1. The quantitative estimate of drug-likeness (QED) is 0.872. The molecule has 0 fully saturated rings. The Morgan fingerprint density at radius 1 is 0.826 bits per heavy atom. The molecule has 0 bridgehead atoms. The van der Waals surface area contributed by atoms with E-state index < -0.39 is 0 Å². The van der Waals surface area contributed by atoms with Gasteiger partial charge in [-0.15, -0.1) is 0 Å². The van der Waals surface area contributed by atoms with Gasteiger partial charge in [0, 0.05) is 17.5 Å². The third-order valence-corrected chi connectivity index (χ3v) is 4.26. The summed E-state index contributed by atoms with van der Waals surface area (Å²) in [5.74, 6) is -0.0190. The SMILES string of the molecule is CC(C)(C)c1ccc(C(=O)NCC(C)(C)c2ccccc2)cc1. The van der Waals surface area contributed by atoms with Crippen molar-refractivity contribution in [3.8, 4) is 0 Å². The molecule has 23 heavy (non-hydrogen) atoms. The molecule has 1 N–H and O–H groups in total. The van der Waals surface area contributed by atoms with Crippen molar-refractivity contribution in [1.29, 1.82) is 0 Å². The highest BCUT2D eigenvalue weighted by molar-refractivity contribution is 5.94. The smallest absolute Gasteiger partial charge is 0.251 e. The summed E-state index contributed by atoms with van der Waals surface area (Å²) in [6.07, 6.45) is 0. The van der Waals surface area contributed by atoms with Crippen LogP contribution in [0.3, 0.4) is 0 Å². The second-order valence-corrected chi connectivity index (χ2v) is 7.76. The van der Waals surface area contributed by atoms with Crippen molar-refractivity contribution in [2.24, 2.45) is 0 Å². The van der Waals surface area contributed by atoms with Crippen LogP contribution in [0.4, 0.5) is 0 Å². The summed E-state index contributed by atoms with van der Waals surface area (Å²) >= 11 is 0. The lowest BCUT2D eigenvalue weighted by Gasteiger charge is -2.25. The van der Waals surface area contributed by atoms with Gasteiger partial charge in [-0.25, -0.2) is 0 Å². The predicted molar refractivity (Wildman–Crippen MR) is 96.9 cm³/mol. The minimum Gasteiger partial charge on any atom is -0.351 e. The fourth-order valence-electron chi connectivity index (χ4n) is 2.52. The molecule has 0 aliphatic carbocycles. The number of benzene rings is 2. The molecule has 0 radical (unpaired) electrons. The van der Waals surface area contributed by atoms with Crippen LogP contribution in [0.25, 0.3) is 0 Å². The Labute approximate surface area is 139 Å². The number of rotatable bonds is 4. The zero-order valence-electron chi connectivity index (χ0n) is 14.8. The number of amides is 1. The van der Waals surface area contributed by atoms with E-state index in [1.165, 1.54) is 11.1 Å². The molecule has 0 aliphatic rings. The number of carbonyl (C=O) groups excluding carboxylic acids is 1. The third-order valence-electron chi connectivity index (χ3n) is 4.26. The van der Waals surface area contributed by atoms with Crippen LogP contribution in [0.15, 0.2) is 54.6 Å². The summed E-state index contributed by atoms with van der Waals surface area (Å²) in [5.41, 5.74) is 3.18. The minimum atomic E-state index is -0.0950. The molecule has 1 amide bonds. The van der Waals surface area contributed by atoms with Gasteiger partial charge in [0.1, 0.15) is 0 Å². The Balaban J connectivity index is 2.02. The van der Waals surface area contributed by atoms with Gasteiger partial charge in [0.25, 0.3) is 5.91 Å². The molecule has 2 aromatic carbocycles. The van der Waals surface area contributed by atoms with Gasteiger partial charge in [0.2, 0.25) is 0 Å². The van der Waals surface area contributed by atoms with Crippen LogP contribution < -0.4 is 5.32 Å². The fraction of sp³-hybridized carbons (Fsp3) is 0.381. The van der Waals surface area contributed by atoms with Gasteiger partial charge in [0.15, 0.2) is 0 Å². The summed E-state index contributed by atoms with van der Waals surface area (Å²) < 4.78 is 0. The van der Waals surface area contributed by atoms with Crippen LogP contribution in [0.2, 0.25) is 0 Å². The van der Waals surface area contributed by atoms with Crippen molar-refractivity contribution in [2.45, 2.75) is 45.4 Å². The number of hydrogen-bond acceptors (Lipinski definition) is 1. The van der Waals surface area contributed by atoms with Crippen molar-refractivity contribution in [2.75, 3.05) is 6.54 Å². The van der Waals surface area contributed by atoms with Crippen LogP contribution in [0, 0.1) is 0 Å². The molecule has 2 heteroatoms. The summed E-state index contributed by atoms with van der Waals surface area (Å²) in [6, 6.07) is 18.2. The summed E-state index contributed by atoms with van der Waals surface area (Å²) in [6.45, 7) is 11.4. The molecule has 0 heterocycles. The maximum atomic E-state index is 12.4. The lowest BCUT2D eigenvalue weighted by Crippen LogP contribution is -2.36. The Hall–Kier alpha value is -2.09. The average molecular weight is 309 g/mol. The fourth-order valence-corrected chi connectivity index (χ4v) is 2.52. The largest absolute Gasteiger partial charge is 0.351 e. The number of hydrogen-bond donors (Lipinski definition) is 1. The van der Waals surface area contributed by atoms with Crippen molar-refractivity contribution < 1.29 is 4.79 Å². The number of nitrogens with one attached hydrogen (secondary N) is 1. The Morgan fingerprint density at radius 2 is 1.39 bits per heavy atom. The molecule has 0 aliphatic heterocycles. The molecule has 0 unspecified atom stereocenters. The molecule has 0 saturated heterocycles. The molecular formula is C21H27NO. The first-order valence-electron chi connectivity index (χ1n) is 8.14. The second kappa shape index (κ2) is 6.57. The molecular weight excluding hydrogens is 282 g/mol. The molecule has 0 spiro atoms. The second-order valence-electron chi connectivity index (χ2n) is 7.76. The zero-order valence-corrected chi connectivity index (χ0v) is 14.8. The van der Waals surface area contributed by atoms with Crippen molar-refractivity contribution in [1.82, 2.24) is 5.32 Å². The van der Waals surface area contributed by atoms with Crippen LogP contribution in [0.1, 0.15) is 56.1 Å². The molecule has 2 aromatic rings. The van der Waals surface area contributed by atoms with E-state index in [1.54, 1.807) is 0 Å². The molecule has 122 valence electrons. The monoisotopic (exact) mass is 309 g/mol. The van der Waals surface area contributed by atoms with E-state index in [1.807, 2.05) is 42.5 Å². The van der Waals surface area contributed by atoms with Crippen LogP contribution >= 0.6 is 0 Å². The average Bonchev–Trinajstić information content (AvgIpc) is 2.53. The van der Waals surface area contributed by atoms with Gasteiger partial charge in [-0.3, -0.25) is 4.79 Å². The van der Waals surface area contributed by atoms with Crippen molar-refractivity contribution >= 4 is 5.91 Å². The lowest BCUT2D eigenvalue weighted by molar-refractivity contribution is 0.0945. The topological polar surface area (TPSA) is 29.1 Å². The highest BCUT2D eigenvalue weighted by Gasteiger charge is 2.21. The predicted octanol–water partition coefficient (Wildman–Crippen LogP) is 4.69. The van der Waals surface area contributed by atoms with Crippen LogP contribution in [0.5, 0.6) is 0 Å². The highest BCUT2D eigenvalue weighted by atomic mass is 16.1. The van der Waals surface area contributed by atoms with Gasteiger partial charge in [-0.1, -0.05) is 77.1 Å². The molecule has 0 saturated carbocycles. The summed E-state index contributed by atoms with van der Waals surface area (Å²) in [5, 5.41) is 3.06. The van der Waals surface area contributed by atoms with Gasteiger partial charge >= 0.3 is 0 Å². The first-order valence-corrected chi connectivity index (χ1v) is 8.14. The first kappa shape index (κ1) is 17.3. The normalized spacial score (nSPS) is 12.0. The van der Waals surface area contributed by atoms with Crippen molar-refractivity contribution in [3.05, 3.63) is 71.3 Å². The highest BCUT2D eigenvalue weighted by Crippen LogP contribution is 2.23. The molecule has 2 nitrogen and oxygen atoms in total. The van der Waals surface area contributed by atoms with E-state index in [2.05, 4.69) is 52.1 Å². The van der Waals surface area contributed by atoms with Crippen LogP contribution in [-0.4, -0.2) is 12.5 Å². The van der Waals surface area contributed by atoms with E-state index in [9.17, 15) is 4.79 Å². The van der Waals surface area contributed by atoms with Crippen molar-refractivity contribution in [3.63, 3.8) is 0 Å². The van der Waals surface area contributed by atoms with Gasteiger partial charge < -0.3 is 5.32 Å². The minimum absolute atomic E-state index is 0.0190. The van der Waals surface area contributed by atoms with Crippen LogP contribution in [-0.2, 0) is 10.8 Å². The van der Waals surface area contributed by atoms with E-state index >= 15 is 0 Å². The summed E-state index contributed by atoms with van der Waals surface area (Å²) in [7, 11) is 0. The Kier molecular flexibility index (Phi) is 4.93. The maximum Gasteiger partial charge on any atom is 0.251 e. The Bertz CT molecular complexity index is 648. The first-order chi connectivity index (χ1) is 10.7. The standard InChI is InChI=1S/C21H27NO/c1-20(2,3)17-13-11-16(12-14-17)19(23)22-15-21(4,5)18-9-7-6-8-10-18/h6-14H,15H2,1-5H3,(H,22,23). The van der Waals surface area contributed by atoms with Gasteiger partial charge in [0.05, 0.1) is 0 Å². The molecule has 2 rings (SSSR count). The third kappa shape index (κ3) is 4.44. The van der Waals surface area contributed by atoms with E-state index in [0.29, 0.717) is 12.1 Å². The maximum absolute atomic E-state index is 12.4. The molecule has 0 atom stereocenters.